The van der Waals surface area contributed by atoms with E-state index in [2.05, 4.69) is 22.2 Å². The van der Waals surface area contributed by atoms with Crippen molar-refractivity contribution in [3.63, 3.8) is 0 Å². The average Bonchev–Trinajstić information content (AvgIpc) is 3.33. The van der Waals surface area contributed by atoms with Gasteiger partial charge in [0.15, 0.2) is 5.78 Å². The molecule has 1 unspecified atom stereocenters. The molecule has 4 aliphatic rings. The number of pyridine rings is 1. The summed E-state index contributed by atoms with van der Waals surface area (Å²) in [6, 6.07) is 3.82. The van der Waals surface area contributed by atoms with E-state index in [-0.39, 0.29) is 11.3 Å². The fraction of sp³-hybridized carbons (Fsp3) is 0.769. The summed E-state index contributed by atoms with van der Waals surface area (Å²) in [6.45, 7) is 4.76. The van der Waals surface area contributed by atoms with E-state index in [0.29, 0.717) is 29.8 Å². The molecule has 172 valence electrons. The lowest BCUT2D eigenvalue weighted by molar-refractivity contribution is -0.133. The van der Waals surface area contributed by atoms with Gasteiger partial charge in [0.1, 0.15) is 12.1 Å². The van der Waals surface area contributed by atoms with E-state index in [0.717, 1.165) is 42.5 Å². The number of carbonyl (C=O) groups is 1. The lowest BCUT2D eigenvalue weighted by Gasteiger charge is -2.56. The standard InChI is InChI=1S/C26H36N4O2/c1-25(32)11-9-17-16(14-25)5-6-19-18(17)10-12-26(2)20(19)7-8-21(26)23(31)15-30-22-4-3-13-27-24(22)28-29-30/h3-4,13,16-21,32H,5-12,14-15H2,1-2H3/t16-,17+,18-,19-,20+,21?,25-,26+/m1/s1. The summed E-state index contributed by atoms with van der Waals surface area (Å²) < 4.78 is 1.74. The topological polar surface area (TPSA) is 80.9 Å². The van der Waals surface area contributed by atoms with Gasteiger partial charge >= 0.3 is 0 Å². The minimum Gasteiger partial charge on any atom is -0.390 e. The third kappa shape index (κ3) is 3.16. The van der Waals surface area contributed by atoms with E-state index in [1.165, 1.54) is 38.5 Å². The Morgan fingerprint density at radius 3 is 2.81 bits per heavy atom. The van der Waals surface area contributed by atoms with Crippen molar-refractivity contribution < 1.29 is 9.90 Å². The van der Waals surface area contributed by atoms with Crippen LogP contribution in [-0.2, 0) is 11.3 Å². The highest BCUT2D eigenvalue weighted by molar-refractivity contribution is 5.83. The van der Waals surface area contributed by atoms with Crippen molar-refractivity contribution in [2.24, 2.45) is 40.9 Å². The first-order valence-corrected chi connectivity index (χ1v) is 12.7. The molecular formula is C26H36N4O2. The van der Waals surface area contributed by atoms with E-state index in [9.17, 15) is 9.90 Å². The van der Waals surface area contributed by atoms with Crippen LogP contribution in [0.25, 0.3) is 11.2 Å². The lowest BCUT2D eigenvalue weighted by Crippen LogP contribution is -2.51. The maximum Gasteiger partial charge on any atom is 0.201 e. The number of nitrogens with zero attached hydrogens (tertiary/aromatic N) is 4. The Hall–Kier alpha value is -1.82. The monoisotopic (exact) mass is 436 g/mol. The molecule has 0 aliphatic heterocycles. The zero-order valence-electron chi connectivity index (χ0n) is 19.4. The van der Waals surface area contributed by atoms with Gasteiger partial charge < -0.3 is 5.11 Å². The SMILES string of the molecule is C[C@@]1(O)CC[C@H]2[C@H](CC[C@@H]3[C@@H]2CC[C@]2(C)C(C(=O)Cn4nnc5ncccc54)CC[C@@H]32)C1. The van der Waals surface area contributed by atoms with Gasteiger partial charge in [-0.2, -0.15) is 0 Å². The largest absolute Gasteiger partial charge is 0.390 e. The van der Waals surface area contributed by atoms with Crippen molar-refractivity contribution in [2.45, 2.75) is 83.8 Å². The Morgan fingerprint density at radius 2 is 1.94 bits per heavy atom. The highest BCUT2D eigenvalue weighted by atomic mass is 16.3. The van der Waals surface area contributed by atoms with Crippen LogP contribution in [0.2, 0.25) is 0 Å². The predicted octanol–water partition coefficient (Wildman–Crippen LogP) is 4.42. The number of aromatic nitrogens is 4. The molecule has 6 nitrogen and oxygen atoms in total. The van der Waals surface area contributed by atoms with Crippen molar-refractivity contribution in [3.05, 3.63) is 18.3 Å². The van der Waals surface area contributed by atoms with Crippen LogP contribution in [0.3, 0.4) is 0 Å². The molecule has 0 radical (unpaired) electrons. The Balaban J connectivity index is 1.20. The average molecular weight is 437 g/mol. The second-order valence-electron chi connectivity index (χ2n) is 11.9. The minimum atomic E-state index is -0.455. The molecule has 6 rings (SSSR count). The van der Waals surface area contributed by atoms with E-state index < -0.39 is 5.60 Å². The predicted molar refractivity (Wildman–Crippen MR) is 122 cm³/mol. The molecule has 0 aromatic carbocycles. The van der Waals surface area contributed by atoms with Gasteiger partial charge in [-0.05, 0) is 112 Å². The number of hydrogen-bond acceptors (Lipinski definition) is 5. The first-order valence-electron chi connectivity index (χ1n) is 12.7. The van der Waals surface area contributed by atoms with Gasteiger partial charge in [0.05, 0.1) is 5.60 Å². The number of aliphatic hydroxyl groups is 1. The van der Waals surface area contributed by atoms with Crippen LogP contribution in [-0.4, -0.2) is 36.5 Å². The second kappa shape index (κ2) is 7.34. The highest BCUT2D eigenvalue weighted by Crippen LogP contribution is 2.64. The molecular weight excluding hydrogens is 400 g/mol. The third-order valence-electron chi connectivity index (χ3n) is 10.2. The van der Waals surface area contributed by atoms with E-state index in [1.54, 1.807) is 10.9 Å². The molecule has 1 N–H and O–H groups in total. The Bertz CT molecular complexity index is 1030. The molecule has 0 amide bonds. The molecule has 4 fully saturated rings. The highest BCUT2D eigenvalue weighted by Gasteiger charge is 2.58. The van der Waals surface area contributed by atoms with Crippen molar-refractivity contribution in [3.8, 4) is 0 Å². The minimum absolute atomic E-state index is 0.125. The summed E-state index contributed by atoms with van der Waals surface area (Å²) in [5, 5.41) is 19.0. The molecule has 32 heavy (non-hydrogen) atoms. The number of hydrogen-bond donors (Lipinski definition) is 1. The Morgan fingerprint density at radius 1 is 1.09 bits per heavy atom. The summed E-state index contributed by atoms with van der Waals surface area (Å²) >= 11 is 0. The smallest absolute Gasteiger partial charge is 0.201 e. The van der Waals surface area contributed by atoms with Crippen LogP contribution < -0.4 is 0 Å². The molecule has 4 aliphatic carbocycles. The van der Waals surface area contributed by atoms with Gasteiger partial charge in [-0.3, -0.25) is 4.79 Å². The summed E-state index contributed by atoms with van der Waals surface area (Å²) in [6.07, 6.45) is 12.1. The number of fused-ring (bicyclic) bond motifs is 6. The van der Waals surface area contributed by atoms with E-state index >= 15 is 0 Å². The van der Waals surface area contributed by atoms with Gasteiger partial charge in [0, 0.05) is 12.1 Å². The van der Waals surface area contributed by atoms with E-state index in [4.69, 9.17) is 0 Å². The first kappa shape index (κ1) is 20.8. The summed E-state index contributed by atoms with van der Waals surface area (Å²) in [5.41, 5.74) is 1.12. The maximum atomic E-state index is 13.5. The molecule has 2 aromatic heterocycles. The zero-order chi connectivity index (χ0) is 22.1. The molecule has 4 saturated carbocycles. The summed E-state index contributed by atoms with van der Waals surface area (Å²) in [4.78, 5) is 17.8. The summed E-state index contributed by atoms with van der Waals surface area (Å²) in [5.74, 6) is 4.21. The fourth-order valence-corrected chi connectivity index (χ4v) is 8.80. The summed E-state index contributed by atoms with van der Waals surface area (Å²) in [7, 11) is 0. The van der Waals surface area contributed by atoms with Crippen LogP contribution in [0.1, 0.15) is 71.6 Å². The third-order valence-corrected chi connectivity index (χ3v) is 10.2. The van der Waals surface area contributed by atoms with Gasteiger partial charge in [0.25, 0.3) is 0 Å². The molecule has 2 heterocycles. The van der Waals surface area contributed by atoms with Crippen LogP contribution in [0.5, 0.6) is 0 Å². The Kier molecular flexibility index (Phi) is 4.76. The van der Waals surface area contributed by atoms with Crippen LogP contribution in [0.15, 0.2) is 18.3 Å². The van der Waals surface area contributed by atoms with Gasteiger partial charge in [-0.15, -0.1) is 5.10 Å². The van der Waals surface area contributed by atoms with Crippen LogP contribution in [0, 0.1) is 40.9 Å². The normalized spacial score (nSPS) is 43.5. The van der Waals surface area contributed by atoms with Gasteiger partial charge in [-0.1, -0.05) is 12.1 Å². The maximum absolute atomic E-state index is 13.5. The molecule has 0 bridgehead atoms. The first-order chi connectivity index (χ1) is 15.4. The number of rotatable bonds is 3. The Labute approximate surface area is 190 Å². The van der Waals surface area contributed by atoms with Gasteiger partial charge in [-0.25, -0.2) is 9.67 Å². The lowest BCUT2D eigenvalue weighted by atomic mass is 9.49. The molecule has 2 aromatic rings. The molecule has 0 saturated heterocycles. The molecule has 0 spiro atoms. The van der Waals surface area contributed by atoms with E-state index in [1.807, 2.05) is 19.1 Å². The number of ketones is 1. The van der Waals surface area contributed by atoms with Crippen LogP contribution in [0.4, 0.5) is 0 Å². The van der Waals surface area contributed by atoms with Crippen molar-refractivity contribution in [2.75, 3.05) is 0 Å². The second-order valence-corrected chi connectivity index (χ2v) is 11.9. The van der Waals surface area contributed by atoms with Crippen molar-refractivity contribution >= 4 is 16.9 Å². The number of carbonyl (C=O) groups excluding carboxylic acids is 1. The van der Waals surface area contributed by atoms with Crippen LogP contribution >= 0.6 is 0 Å². The quantitative estimate of drug-likeness (QED) is 0.771. The zero-order valence-corrected chi connectivity index (χ0v) is 19.4. The van der Waals surface area contributed by atoms with Crippen molar-refractivity contribution in [1.29, 1.82) is 0 Å². The fourth-order valence-electron chi connectivity index (χ4n) is 8.80. The van der Waals surface area contributed by atoms with Crippen molar-refractivity contribution in [1.82, 2.24) is 20.0 Å². The number of Topliss-reactive ketones (excluding diaryl/α,β-unsaturated/α-hetero) is 1. The molecule has 6 heteroatoms. The van der Waals surface area contributed by atoms with Gasteiger partial charge in [0.2, 0.25) is 5.65 Å². The molecule has 8 atom stereocenters.